The first-order valence-electron chi connectivity index (χ1n) is 8.47. The van der Waals surface area contributed by atoms with Crippen molar-refractivity contribution in [1.29, 1.82) is 10.5 Å². The maximum atomic E-state index is 9.66. The van der Waals surface area contributed by atoms with Gasteiger partial charge in [0.15, 0.2) is 0 Å². The maximum absolute atomic E-state index is 9.66. The molecule has 6 nitrogen and oxygen atoms in total. The van der Waals surface area contributed by atoms with E-state index >= 15 is 0 Å². The molecule has 2 N–H and O–H groups in total. The van der Waals surface area contributed by atoms with Crippen molar-refractivity contribution in [3.63, 3.8) is 0 Å². The molecule has 1 aliphatic rings. The average Bonchev–Trinajstić information content (AvgIpc) is 2.64. The zero-order valence-electron chi connectivity index (χ0n) is 14.3. The van der Waals surface area contributed by atoms with E-state index in [0.29, 0.717) is 26.2 Å². The van der Waals surface area contributed by atoms with Gasteiger partial charge in [-0.05, 0) is 35.4 Å². The van der Waals surface area contributed by atoms with Gasteiger partial charge in [0.2, 0.25) is 0 Å². The molecule has 0 bridgehead atoms. The van der Waals surface area contributed by atoms with E-state index in [1.165, 1.54) is 0 Å². The van der Waals surface area contributed by atoms with Crippen LogP contribution in [-0.4, -0.2) is 46.2 Å². The Morgan fingerprint density at radius 1 is 0.731 bits per heavy atom. The van der Waals surface area contributed by atoms with E-state index in [1.807, 2.05) is 12.1 Å². The standard InChI is InChI=1S/C20H20N4O2/c21-13-19(15-3-1-5-17(25)11-15)23-7-9-24(10-8-23)20(14-22)16-4-2-6-18(26)12-16/h1-6,11-12,19-20,25-26H,7-10H2. The fourth-order valence-electron chi connectivity index (χ4n) is 3.38. The number of piperazine rings is 1. The lowest BCUT2D eigenvalue weighted by atomic mass is 10.0. The molecule has 132 valence electrons. The molecule has 2 aromatic rings. The molecule has 3 rings (SSSR count). The first kappa shape index (κ1) is 17.8. The van der Waals surface area contributed by atoms with E-state index in [0.717, 1.165) is 11.1 Å². The van der Waals surface area contributed by atoms with Crippen molar-refractivity contribution in [2.45, 2.75) is 12.1 Å². The Balaban J connectivity index is 1.70. The zero-order valence-corrected chi connectivity index (χ0v) is 14.3. The summed E-state index contributed by atoms with van der Waals surface area (Å²) in [7, 11) is 0. The van der Waals surface area contributed by atoms with Crippen LogP contribution in [0.3, 0.4) is 0 Å². The molecule has 2 unspecified atom stereocenters. The molecule has 2 atom stereocenters. The number of hydrogen-bond acceptors (Lipinski definition) is 6. The Kier molecular flexibility index (Phi) is 5.38. The third-order valence-electron chi connectivity index (χ3n) is 4.70. The van der Waals surface area contributed by atoms with Crippen LogP contribution in [0.2, 0.25) is 0 Å². The monoisotopic (exact) mass is 348 g/mol. The Bertz CT molecular complexity index is 776. The summed E-state index contributed by atoms with van der Waals surface area (Å²) >= 11 is 0. The largest absolute Gasteiger partial charge is 0.508 e. The summed E-state index contributed by atoms with van der Waals surface area (Å²) in [6, 6.07) is 17.3. The van der Waals surface area contributed by atoms with Gasteiger partial charge in [-0.3, -0.25) is 9.80 Å². The molecule has 0 aliphatic carbocycles. The van der Waals surface area contributed by atoms with Gasteiger partial charge in [-0.1, -0.05) is 24.3 Å². The second kappa shape index (κ2) is 7.88. The second-order valence-electron chi connectivity index (χ2n) is 6.33. The van der Waals surface area contributed by atoms with Gasteiger partial charge in [0.05, 0.1) is 12.1 Å². The SMILES string of the molecule is N#CC(c1cccc(O)c1)N1CCN(C(C#N)c2cccc(O)c2)CC1. The predicted octanol–water partition coefficient (Wildman–Crippen LogP) is 2.54. The van der Waals surface area contributed by atoms with Crippen LogP contribution in [0.1, 0.15) is 23.2 Å². The molecule has 1 aliphatic heterocycles. The Morgan fingerprint density at radius 2 is 1.12 bits per heavy atom. The highest BCUT2D eigenvalue weighted by atomic mass is 16.3. The van der Waals surface area contributed by atoms with Gasteiger partial charge < -0.3 is 10.2 Å². The second-order valence-corrected chi connectivity index (χ2v) is 6.33. The normalized spacial score (nSPS) is 17.8. The molecule has 0 saturated carbocycles. The van der Waals surface area contributed by atoms with Crippen LogP contribution in [0.15, 0.2) is 48.5 Å². The number of nitriles is 2. The zero-order chi connectivity index (χ0) is 18.5. The van der Waals surface area contributed by atoms with Crippen molar-refractivity contribution >= 4 is 0 Å². The number of rotatable bonds is 4. The lowest BCUT2D eigenvalue weighted by Crippen LogP contribution is -2.48. The lowest BCUT2D eigenvalue weighted by molar-refractivity contribution is 0.0978. The lowest BCUT2D eigenvalue weighted by Gasteiger charge is -2.38. The van der Waals surface area contributed by atoms with Gasteiger partial charge in [0, 0.05) is 26.2 Å². The summed E-state index contributed by atoms with van der Waals surface area (Å²) in [6.07, 6.45) is 0. The van der Waals surface area contributed by atoms with Crippen molar-refractivity contribution in [2.75, 3.05) is 26.2 Å². The van der Waals surface area contributed by atoms with E-state index < -0.39 is 12.1 Å². The van der Waals surface area contributed by atoms with E-state index in [2.05, 4.69) is 21.9 Å². The molecule has 1 heterocycles. The predicted molar refractivity (Wildman–Crippen MR) is 96.1 cm³/mol. The Labute approximate surface area is 152 Å². The third kappa shape index (κ3) is 3.78. The van der Waals surface area contributed by atoms with Crippen molar-refractivity contribution in [2.24, 2.45) is 0 Å². The minimum atomic E-state index is -0.425. The summed E-state index contributed by atoms with van der Waals surface area (Å²) in [5, 5.41) is 38.5. The molecule has 26 heavy (non-hydrogen) atoms. The minimum Gasteiger partial charge on any atom is -0.508 e. The molecule has 0 radical (unpaired) electrons. The molecule has 1 saturated heterocycles. The Morgan fingerprint density at radius 3 is 1.42 bits per heavy atom. The molecule has 0 spiro atoms. The number of hydrogen-bond donors (Lipinski definition) is 2. The maximum Gasteiger partial charge on any atom is 0.124 e. The molecular weight excluding hydrogens is 328 g/mol. The average molecular weight is 348 g/mol. The molecular formula is C20H20N4O2. The fourth-order valence-corrected chi connectivity index (χ4v) is 3.38. The van der Waals surface area contributed by atoms with Gasteiger partial charge in [0.25, 0.3) is 0 Å². The van der Waals surface area contributed by atoms with Crippen LogP contribution in [0.4, 0.5) is 0 Å². The van der Waals surface area contributed by atoms with Crippen molar-refractivity contribution in [1.82, 2.24) is 9.80 Å². The highest BCUT2D eigenvalue weighted by Crippen LogP contribution is 2.28. The van der Waals surface area contributed by atoms with Crippen molar-refractivity contribution in [3.05, 3.63) is 59.7 Å². The highest BCUT2D eigenvalue weighted by molar-refractivity contribution is 5.33. The van der Waals surface area contributed by atoms with E-state index in [4.69, 9.17) is 0 Å². The van der Waals surface area contributed by atoms with E-state index in [-0.39, 0.29) is 11.5 Å². The fraction of sp³-hybridized carbons (Fsp3) is 0.300. The van der Waals surface area contributed by atoms with Crippen molar-refractivity contribution < 1.29 is 10.2 Å². The highest BCUT2D eigenvalue weighted by Gasteiger charge is 2.29. The molecule has 0 amide bonds. The summed E-state index contributed by atoms with van der Waals surface area (Å²) in [6.45, 7) is 2.57. The number of benzene rings is 2. The van der Waals surface area contributed by atoms with E-state index in [9.17, 15) is 20.7 Å². The van der Waals surface area contributed by atoms with Gasteiger partial charge in [-0.25, -0.2) is 0 Å². The van der Waals surface area contributed by atoms with E-state index in [1.54, 1.807) is 36.4 Å². The van der Waals surface area contributed by atoms with Crippen LogP contribution in [-0.2, 0) is 0 Å². The van der Waals surface area contributed by atoms with Crippen LogP contribution >= 0.6 is 0 Å². The van der Waals surface area contributed by atoms with Crippen LogP contribution in [0.5, 0.6) is 11.5 Å². The first-order valence-corrected chi connectivity index (χ1v) is 8.47. The van der Waals surface area contributed by atoms with Crippen LogP contribution in [0, 0.1) is 22.7 Å². The number of phenols is 2. The summed E-state index contributed by atoms with van der Waals surface area (Å²) in [4.78, 5) is 4.12. The molecule has 1 fully saturated rings. The van der Waals surface area contributed by atoms with Crippen LogP contribution in [0.25, 0.3) is 0 Å². The third-order valence-corrected chi connectivity index (χ3v) is 4.70. The van der Waals surface area contributed by atoms with Gasteiger partial charge >= 0.3 is 0 Å². The molecule has 2 aromatic carbocycles. The minimum absolute atomic E-state index is 0.148. The Hall–Kier alpha value is -3.06. The smallest absolute Gasteiger partial charge is 0.124 e. The number of nitrogens with zero attached hydrogens (tertiary/aromatic N) is 4. The van der Waals surface area contributed by atoms with Crippen molar-refractivity contribution in [3.8, 4) is 23.6 Å². The molecule has 6 heteroatoms. The first-order chi connectivity index (χ1) is 12.6. The summed E-state index contributed by atoms with van der Waals surface area (Å²) in [5.74, 6) is 0.296. The summed E-state index contributed by atoms with van der Waals surface area (Å²) < 4.78 is 0. The summed E-state index contributed by atoms with van der Waals surface area (Å²) in [5.41, 5.74) is 1.54. The quantitative estimate of drug-likeness (QED) is 0.882. The van der Waals surface area contributed by atoms with Gasteiger partial charge in [-0.2, -0.15) is 10.5 Å². The topological polar surface area (TPSA) is 94.5 Å². The molecule has 0 aromatic heterocycles. The van der Waals surface area contributed by atoms with Gasteiger partial charge in [-0.15, -0.1) is 0 Å². The van der Waals surface area contributed by atoms with Gasteiger partial charge in [0.1, 0.15) is 23.6 Å². The van der Waals surface area contributed by atoms with Crippen LogP contribution < -0.4 is 0 Å². The number of phenolic OH excluding ortho intramolecular Hbond substituents is 2. The number of aromatic hydroxyl groups is 2.